The Balaban J connectivity index is 1.64. The fourth-order valence-corrected chi connectivity index (χ4v) is 4.35. The molecule has 24 heavy (non-hydrogen) atoms. The van der Waals surface area contributed by atoms with E-state index in [1.54, 1.807) is 16.0 Å². The van der Waals surface area contributed by atoms with E-state index in [1.807, 2.05) is 41.0 Å². The van der Waals surface area contributed by atoms with Crippen LogP contribution in [0.5, 0.6) is 0 Å². The zero-order valence-corrected chi connectivity index (χ0v) is 13.7. The van der Waals surface area contributed by atoms with E-state index in [9.17, 15) is 4.79 Å². The Labute approximate surface area is 142 Å². The van der Waals surface area contributed by atoms with E-state index in [-0.39, 0.29) is 11.7 Å². The number of rotatable bonds is 2. The predicted molar refractivity (Wildman–Crippen MR) is 96.1 cm³/mol. The normalized spacial score (nSPS) is 16.6. The standard InChI is InChI=1S/C19H15N3OS/c23-19-21-16(13-4-2-1-3-5-13)8-9-18(21)20-22(19)15-7-6-14-10-11-24-17(14)12-15/h1-7,10-12,16H,8-9H2/t16-/m0/s1. The van der Waals surface area contributed by atoms with Gasteiger partial charge in [-0.05, 0) is 40.9 Å². The maximum absolute atomic E-state index is 13.0. The van der Waals surface area contributed by atoms with Gasteiger partial charge in [-0.25, -0.2) is 4.79 Å². The molecule has 0 radical (unpaired) electrons. The molecule has 4 aromatic rings. The van der Waals surface area contributed by atoms with Crippen molar-refractivity contribution < 1.29 is 0 Å². The van der Waals surface area contributed by atoms with Crippen LogP contribution in [-0.4, -0.2) is 14.3 Å². The number of aryl methyl sites for hydroxylation is 1. The molecule has 1 aliphatic rings. The van der Waals surface area contributed by atoms with Crippen LogP contribution in [0.25, 0.3) is 15.8 Å². The number of aromatic nitrogens is 3. The molecule has 5 rings (SSSR count). The van der Waals surface area contributed by atoms with Gasteiger partial charge in [0.25, 0.3) is 0 Å². The predicted octanol–water partition coefficient (Wildman–Crippen LogP) is 3.78. The average molecular weight is 333 g/mol. The number of fused-ring (bicyclic) bond motifs is 2. The Morgan fingerprint density at radius 3 is 2.83 bits per heavy atom. The molecule has 0 fully saturated rings. The van der Waals surface area contributed by atoms with Crippen molar-refractivity contribution in [1.82, 2.24) is 14.3 Å². The minimum atomic E-state index is -0.0488. The third kappa shape index (κ3) is 1.98. The van der Waals surface area contributed by atoms with Crippen LogP contribution in [0.15, 0.2) is 64.8 Å². The van der Waals surface area contributed by atoms with Crippen molar-refractivity contribution in [3.8, 4) is 5.69 Å². The number of benzene rings is 2. The lowest BCUT2D eigenvalue weighted by Crippen LogP contribution is -2.26. The highest BCUT2D eigenvalue weighted by Gasteiger charge is 2.29. The molecule has 5 heteroatoms. The summed E-state index contributed by atoms with van der Waals surface area (Å²) in [7, 11) is 0. The first-order valence-corrected chi connectivity index (χ1v) is 8.92. The highest BCUT2D eigenvalue weighted by molar-refractivity contribution is 7.17. The molecule has 1 atom stereocenters. The molecular weight excluding hydrogens is 318 g/mol. The van der Waals surface area contributed by atoms with Gasteiger partial charge in [0, 0.05) is 11.1 Å². The number of hydrogen-bond donors (Lipinski definition) is 0. The van der Waals surface area contributed by atoms with Crippen LogP contribution in [0.4, 0.5) is 0 Å². The summed E-state index contributed by atoms with van der Waals surface area (Å²) < 4.78 is 4.57. The van der Waals surface area contributed by atoms with Crippen LogP contribution >= 0.6 is 11.3 Å². The number of nitrogens with zero attached hydrogens (tertiary/aromatic N) is 3. The molecular formula is C19H15N3OS. The summed E-state index contributed by atoms with van der Waals surface area (Å²) in [5, 5.41) is 7.86. The molecule has 0 spiro atoms. The van der Waals surface area contributed by atoms with Crippen LogP contribution in [0.3, 0.4) is 0 Å². The maximum atomic E-state index is 13.0. The fourth-order valence-electron chi connectivity index (χ4n) is 3.53. The zero-order chi connectivity index (χ0) is 16.1. The molecule has 2 aromatic carbocycles. The Hall–Kier alpha value is -2.66. The smallest absolute Gasteiger partial charge is 0.271 e. The van der Waals surface area contributed by atoms with Crippen molar-refractivity contribution in [2.45, 2.75) is 18.9 Å². The largest absolute Gasteiger partial charge is 0.351 e. The molecule has 0 N–H and O–H groups in total. The molecule has 0 unspecified atom stereocenters. The topological polar surface area (TPSA) is 39.8 Å². The van der Waals surface area contributed by atoms with Crippen molar-refractivity contribution in [3.05, 3.63) is 81.8 Å². The molecule has 4 nitrogen and oxygen atoms in total. The molecule has 3 heterocycles. The lowest BCUT2D eigenvalue weighted by molar-refractivity contribution is 0.588. The van der Waals surface area contributed by atoms with Gasteiger partial charge in [0.05, 0.1) is 11.7 Å². The van der Waals surface area contributed by atoms with Crippen LogP contribution in [0.1, 0.15) is 23.9 Å². The minimum Gasteiger partial charge on any atom is -0.271 e. The molecule has 2 aromatic heterocycles. The summed E-state index contributed by atoms with van der Waals surface area (Å²) >= 11 is 1.68. The second kappa shape index (κ2) is 5.18. The highest BCUT2D eigenvalue weighted by Crippen LogP contribution is 2.30. The van der Waals surface area contributed by atoms with E-state index in [4.69, 9.17) is 0 Å². The maximum Gasteiger partial charge on any atom is 0.351 e. The van der Waals surface area contributed by atoms with Gasteiger partial charge < -0.3 is 0 Å². The minimum absolute atomic E-state index is 0.0488. The van der Waals surface area contributed by atoms with Crippen LogP contribution in [-0.2, 0) is 6.42 Å². The van der Waals surface area contributed by atoms with Gasteiger partial charge in [0.1, 0.15) is 5.82 Å². The monoisotopic (exact) mass is 333 g/mol. The first-order valence-electron chi connectivity index (χ1n) is 8.04. The lowest BCUT2D eigenvalue weighted by Gasteiger charge is -2.11. The number of hydrogen-bond acceptors (Lipinski definition) is 3. The van der Waals surface area contributed by atoms with E-state index >= 15 is 0 Å². The summed E-state index contributed by atoms with van der Waals surface area (Å²) in [6.45, 7) is 0. The van der Waals surface area contributed by atoms with Crippen molar-refractivity contribution in [2.24, 2.45) is 0 Å². The van der Waals surface area contributed by atoms with Crippen molar-refractivity contribution >= 4 is 21.4 Å². The van der Waals surface area contributed by atoms with Crippen LogP contribution in [0.2, 0.25) is 0 Å². The number of thiophene rings is 1. The summed E-state index contributed by atoms with van der Waals surface area (Å²) in [5.41, 5.74) is 1.96. The highest BCUT2D eigenvalue weighted by atomic mass is 32.1. The van der Waals surface area contributed by atoms with Gasteiger partial charge in [-0.15, -0.1) is 16.4 Å². The molecule has 0 saturated carbocycles. The Morgan fingerprint density at radius 2 is 1.96 bits per heavy atom. The van der Waals surface area contributed by atoms with E-state index < -0.39 is 0 Å². The van der Waals surface area contributed by atoms with Gasteiger partial charge in [-0.2, -0.15) is 4.68 Å². The van der Waals surface area contributed by atoms with Gasteiger partial charge in [0.2, 0.25) is 0 Å². The fraction of sp³-hybridized carbons (Fsp3) is 0.158. The van der Waals surface area contributed by atoms with Crippen molar-refractivity contribution in [2.75, 3.05) is 0 Å². The average Bonchev–Trinajstić information content (AvgIpc) is 3.31. The zero-order valence-electron chi connectivity index (χ0n) is 12.9. The summed E-state index contributed by atoms with van der Waals surface area (Å²) in [6.07, 6.45) is 1.77. The lowest BCUT2D eigenvalue weighted by atomic mass is 10.1. The summed E-state index contributed by atoms with van der Waals surface area (Å²) in [5.74, 6) is 0.875. The Kier molecular flexibility index (Phi) is 2.97. The summed E-state index contributed by atoms with van der Waals surface area (Å²) in [4.78, 5) is 13.0. The van der Waals surface area contributed by atoms with Crippen molar-refractivity contribution in [3.63, 3.8) is 0 Å². The Morgan fingerprint density at radius 1 is 1.08 bits per heavy atom. The second-order valence-electron chi connectivity index (χ2n) is 6.09. The summed E-state index contributed by atoms with van der Waals surface area (Å²) in [6, 6.07) is 18.5. The van der Waals surface area contributed by atoms with Gasteiger partial charge in [-0.1, -0.05) is 36.4 Å². The second-order valence-corrected chi connectivity index (χ2v) is 7.04. The van der Waals surface area contributed by atoms with Crippen LogP contribution < -0.4 is 5.69 Å². The van der Waals surface area contributed by atoms with Crippen molar-refractivity contribution in [1.29, 1.82) is 0 Å². The molecule has 0 bridgehead atoms. The first kappa shape index (κ1) is 13.7. The molecule has 0 saturated heterocycles. The van der Waals surface area contributed by atoms with E-state index in [2.05, 4.69) is 28.7 Å². The molecule has 118 valence electrons. The van der Waals surface area contributed by atoms with Crippen LogP contribution in [0, 0.1) is 0 Å². The third-order valence-corrected chi connectivity index (χ3v) is 5.58. The molecule has 0 amide bonds. The third-order valence-electron chi connectivity index (χ3n) is 4.70. The first-order chi connectivity index (χ1) is 11.8. The van der Waals surface area contributed by atoms with Gasteiger partial charge in [-0.3, -0.25) is 4.57 Å². The van der Waals surface area contributed by atoms with Gasteiger partial charge >= 0.3 is 5.69 Å². The quantitative estimate of drug-likeness (QED) is 0.560. The SMILES string of the molecule is O=c1n(-c2ccc3ccsc3c2)nc2n1[C@H](c1ccccc1)CC2. The van der Waals surface area contributed by atoms with E-state index in [1.165, 1.54) is 15.6 Å². The Bertz CT molecular complexity index is 1090. The van der Waals surface area contributed by atoms with Gasteiger partial charge in [0.15, 0.2) is 0 Å². The molecule has 1 aliphatic heterocycles. The molecule has 0 aliphatic carbocycles. The van der Waals surface area contributed by atoms with E-state index in [0.717, 1.165) is 24.4 Å². The van der Waals surface area contributed by atoms with E-state index in [0.29, 0.717) is 0 Å².